The SMILES string of the molecule is COc1ccc(N[C@H]2O[C@@H](CO)[C@@H](O)[C@@H]2O)c([N+](=O)[O-])c1. The number of aliphatic hydroxyl groups excluding tert-OH is 3. The van der Waals surface area contributed by atoms with Crippen LogP contribution in [-0.4, -0.2) is 58.5 Å². The van der Waals surface area contributed by atoms with E-state index in [1.807, 2.05) is 0 Å². The average Bonchev–Trinajstić information content (AvgIpc) is 2.75. The highest BCUT2D eigenvalue weighted by molar-refractivity contribution is 5.64. The minimum Gasteiger partial charge on any atom is -0.496 e. The Morgan fingerprint density at radius 2 is 2.14 bits per heavy atom. The van der Waals surface area contributed by atoms with Gasteiger partial charge in [-0.15, -0.1) is 0 Å². The summed E-state index contributed by atoms with van der Waals surface area (Å²) < 4.78 is 10.1. The van der Waals surface area contributed by atoms with Crippen molar-refractivity contribution in [1.29, 1.82) is 0 Å². The third-order valence-electron chi connectivity index (χ3n) is 3.24. The lowest BCUT2D eigenvalue weighted by Crippen LogP contribution is -2.36. The number of nitro benzene ring substituents is 1. The summed E-state index contributed by atoms with van der Waals surface area (Å²) in [6.45, 7) is -0.471. The van der Waals surface area contributed by atoms with Crippen molar-refractivity contribution >= 4 is 11.4 Å². The summed E-state index contributed by atoms with van der Waals surface area (Å²) in [6, 6.07) is 4.14. The maximum atomic E-state index is 11.0. The van der Waals surface area contributed by atoms with Crippen LogP contribution in [0.25, 0.3) is 0 Å². The first-order valence-electron chi connectivity index (χ1n) is 6.19. The van der Waals surface area contributed by atoms with E-state index in [0.717, 1.165) is 0 Å². The number of nitro groups is 1. The standard InChI is InChI=1S/C12H16N2O7/c1-20-6-2-3-7(8(4-6)14(18)19)13-12-11(17)10(16)9(5-15)21-12/h2-4,9-13,15-17H,5H2,1H3/t9-,10+,11-,12-/m0/s1. The van der Waals surface area contributed by atoms with Crippen LogP contribution in [0.5, 0.6) is 5.75 Å². The molecule has 1 aromatic rings. The van der Waals surface area contributed by atoms with Crippen molar-refractivity contribution < 1.29 is 29.7 Å². The van der Waals surface area contributed by atoms with Gasteiger partial charge in [0.25, 0.3) is 5.69 Å². The smallest absolute Gasteiger partial charge is 0.296 e. The van der Waals surface area contributed by atoms with Crippen molar-refractivity contribution in [2.24, 2.45) is 0 Å². The summed E-state index contributed by atoms with van der Waals surface area (Å²) >= 11 is 0. The van der Waals surface area contributed by atoms with Crippen LogP contribution in [0.1, 0.15) is 0 Å². The second-order valence-electron chi connectivity index (χ2n) is 4.54. The number of benzene rings is 1. The minimum atomic E-state index is -1.32. The van der Waals surface area contributed by atoms with Crippen molar-refractivity contribution in [2.45, 2.75) is 24.5 Å². The largest absolute Gasteiger partial charge is 0.496 e. The van der Waals surface area contributed by atoms with Gasteiger partial charge in [0.15, 0.2) is 6.23 Å². The van der Waals surface area contributed by atoms with E-state index >= 15 is 0 Å². The number of methoxy groups -OCH3 is 1. The zero-order valence-corrected chi connectivity index (χ0v) is 11.2. The van der Waals surface area contributed by atoms with Gasteiger partial charge in [-0.3, -0.25) is 10.1 Å². The predicted molar refractivity (Wildman–Crippen MR) is 71.0 cm³/mol. The number of aliphatic hydroxyl groups is 3. The summed E-state index contributed by atoms with van der Waals surface area (Å²) in [7, 11) is 1.39. The molecule has 0 radical (unpaired) electrons. The Morgan fingerprint density at radius 3 is 2.67 bits per heavy atom. The quantitative estimate of drug-likeness (QED) is 0.420. The highest BCUT2D eigenvalue weighted by Gasteiger charge is 2.42. The Balaban J connectivity index is 2.22. The highest BCUT2D eigenvalue weighted by atomic mass is 16.6. The zero-order valence-electron chi connectivity index (χ0n) is 11.2. The first kappa shape index (κ1) is 15.4. The maximum absolute atomic E-state index is 11.0. The van der Waals surface area contributed by atoms with Crippen molar-refractivity contribution in [3.63, 3.8) is 0 Å². The van der Waals surface area contributed by atoms with Crippen LogP contribution in [0, 0.1) is 10.1 Å². The molecule has 9 nitrogen and oxygen atoms in total. The van der Waals surface area contributed by atoms with Gasteiger partial charge in [0.05, 0.1) is 24.7 Å². The highest BCUT2D eigenvalue weighted by Crippen LogP contribution is 2.31. The maximum Gasteiger partial charge on any atom is 0.296 e. The molecular weight excluding hydrogens is 284 g/mol. The van der Waals surface area contributed by atoms with Crippen LogP contribution >= 0.6 is 0 Å². The Kier molecular flexibility index (Phi) is 4.58. The van der Waals surface area contributed by atoms with Crippen LogP contribution < -0.4 is 10.1 Å². The van der Waals surface area contributed by atoms with Crippen molar-refractivity contribution in [1.82, 2.24) is 0 Å². The van der Waals surface area contributed by atoms with E-state index in [4.69, 9.17) is 14.6 Å². The van der Waals surface area contributed by atoms with Crippen LogP contribution in [0.4, 0.5) is 11.4 Å². The summed E-state index contributed by atoms with van der Waals surface area (Å²) in [4.78, 5) is 10.4. The lowest BCUT2D eigenvalue weighted by molar-refractivity contribution is -0.384. The fraction of sp³-hybridized carbons (Fsp3) is 0.500. The van der Waals surface area contributed by atoms with Gasteiger partial charge < -0.3 is 30.1 Å². The van der Waals surface area contributed by atoms with Crippen molar-refractivity contribution in [3.05, 3.63) is 28.3 Å². The van der Waals surface area contributed by atoms with Gasteiger partial charge in [0.1, 0.15) is 29.7 Å². The fourth-order valence-electron chi connectivity index (χ4n) is 2.08. The Morgan fingerprint density at radius 1 is 1.43 bits per heavy atom. The van der Waals surface area contributed by atoms with Gasteiger partial charge in [-0.1, -0.05) is 0 Å². The number of hydrogen-bond donors (Lipinski definition) is 4. The van der Waals surface area contributed by atoms with Crippen LogP contribution in [0.3, 0.4) is 0 Å². The molecule has 0 spiro atoms. The molecule has 1 aliphatic rings. The molecule has 1 heterocycles. The molecule has 9 heteroatoms. The fourth-order valence-corrected chi connectivity index (χ4v) is 2.08. The van der Waals surface area contributed by atoms with E-state index in [1.54, 1.807) is 0 Å². The monoisotopic (exact) mass is 300 g/mol. The number of anilines is 1. The number of nitrogens with one attached hydrogen (secondary N) is 1. The molecule has 2 rings (SSSR count). The molecule has 1 saturated heterocycles. The normalized spacial score (nSPS) is 28.4. The molecule has 0 aliphatic carbocycles. The number of hydrogen-bond acceptors (Lipinski definition) is 8. The molecule has 4 N–H and O–H groups in total. The molecular formula is C12H16N2O7. The number of rotatable bonds is 5. The van der Waals surface area contributed by atoms with Gasteiger partial charge in [0, 0.05) is 0 Å². The number of ether oxygens (including phenoxy) is 2. The predicted octanol–water partition coefficient (Wildman–Crippen LogP) is -0.546. The Bertz CT molecular complexity index is 524. The first-order valence-corrected chi connectivity index (χ1v) is 6.19. The second-order valence-corrected chi connectivity index (χ2v) is 4.54. The Hall–Kier alpha value is -1.94. The van der Waals surface area contributed by atoms with Gasteiger partial charge >= 0.3 is 0 Å². The molecule has 4 atom stereocenters. The molecule has 0 aromatic heterocycles. The molecule has 1 aliphatic heterocycles. The second kappa shape index (κ2) is 6.22. The van der Waals surface area contributed by atoms with Gasteiger partial charge in [0.2, 0.25) is 0 Å². The van der Waals surface area contributed by atoms with Crippen molar-refractivity contribution in [3.8, 4) is 5.75 Å². The van der Waals surface area contributed by atoms with E-state index in [9.17, 15) is 20.3 Å². The van der Waals surface area contributed by atoms with E-state index in [2.05, 4.69) is 5.32 Å². The molecule has 1 aromatic carbocycles. The number of nitrogens with zero attached hydrogens (tertiary/aromatic N) is 1. The molecule has 0 unspecified atom stereocenters. The Labute approximate surface area is 119 Å². The van der Waals surface area contributed by atoms with Gasteiger partial charge in [-0.25, -0.2) is 0 Å². The van der Waals surface area contributed by atoms with E-state index in [1.165, 1.54) is 25.3 Å². The lowest BCUT2D eigenvalue weighted by Gasteiger charge is -2.17. The summed E-state index contributed by atoms with van der Waals surface area (Å²) in [5.74, 6) is 0.313. The van der Waals surface area contributed by atoms with Crippen LogP contribution in [-0.2, 0) is 4.74 Å². The molecule has 0 amide bonds. The molecule has 1 fully saturated rings. The van der Waals surface area contributed by atoms with Crippen LogP contribution in [0.15, 0.2) is 18.2 Å². The lowest BCUT2D eigenvalue weighted by atomic mass is 10.1. The zero-order chi connectivity index (χ0) is 15.6. The van der Waals surface area contributed by atoms with Crippen molar-refractivity contribution in [2.75, 3.05) is 19.0 Å². The molecule has 0 bridgehead atoms. The summed E-state index contributed by atoms with van der Waals surface area (Å²) in [5.41, 5.74) is -0.150. The molecule has 116 valence electrons. The first-order chi connectivity index (χ1) is 9.97. The minimum absolute atomic E-state index is 0.107. The molecule has 0 saturated carbocycles. The summed E-state index contributed by atoms with van der Waals surface area (Å²) in [6.07, 6.45) is -4.60. The van der Waals surface area contributed by atoms with Gasteiger partial charge in [-0.05, 0) is 12.1 Å². The van der Waals surface area contributed by atoms with E-state index in [-0.39, 0.29) is 11.4 Å². The van der Waals surface area contributed by atoms with E-state index < -0.39 is 36.1 Å². The molecule has 21 heavy (non-hydrogen) atoms. The third-order valence-corrected chi connectivity index (χ3v) is 3.24. The van der Waals surface area contributed by atoms with Gasteiger partial charge in [-0.2, -0.15) is 0 Å². The van der Waals surface area contributed by atoms with Crippen LogP contribution in [0.2, 0.25) is 0 Å². The summed E-state index contributed by atoms with van der Waals surface area (Å²) in [5, 5.41) is 42.1. The average molecular weight is 300 g/mol. The third kappa shape index (κ3) is 3.05. The van der Waals surface area contributed by atoms with E-state index in [0.29, 0.717) is 5.75 Å². The topological polar surface area (TPSA) is 134 Å².